The zero-order valence-electron chi connectivity index (χ0n) is 15.0. The molecule has 2 aromatic rings. The Balaban J connectivity index is 2.13. The number of nitrogens with zero attached hydrogens (tertiary/aromatic N) is 1. The third-order valence-electron chi connectivity index (χ3n) is 3.65. The van der Waals surface area contributed by atoms with Crippen molar-refractivity contribution in [3.8, 4) is 0 Å². The van der Waals surface area contributed by atoms with Crippen LogP contribution in [0.25, 0.3) is 0 Å². The molecule has 7 nitrogen and oxygen atoms in total. The largest absolute Gasteiger partial charge is 0.416 e. The molecule has 0 radical (unpaired) electrons. The number of nitrogens with one attached hydrogen (secondary N) is 3. The van der Waals surface area contributed by atoms with Gasteiger partial charge in [-0.3, -0.25) is 14.9 Å². The summed E-state index contributed by atoms with van der Waals surface area (Å²) in [6, 6.07) is 9.01. The normalized spacial score (nSPS) is 12.6. The fraction of sp³-hybridized carbons (Fsp3) is 0.176. The first-order chi connectivity index (χ1) is 14.3. The quantitative estimate of drug-likeness (QED) is 0.170. The van der Waals surface area contributed by atoms with E-state index >= 15 is 0 Å². The lowest BCUT2D eigenvalue weighted by atomic mass is 10.2. The summed E-state index contributed by atoms with van der Waals surface area (Å²) in [7, 11) is 0. The lowest BCUT2D eigenvalue weighted by Gasteiger charge is -2.27. The fourth-order valence-corrected chi connectivity index (χ4v) is 2.81. The summed E-state index contributed by atoms with van der Waals surface area (Å²) >= 11 is 22.6. The monoisotopic (exact) mass is 514 g/mol. The van der Waals surface area contributed by atoms with Crippen molar-refractivity contribution in [2.24, 2.45) is 0 Å². The summed E-state index contributed by atoms with van der Waals surface area (Å²) in [5, 5.41) is 17.9. The highest BCUT2D eigenvalue weighted by Crippen LogP contribution is 2.31. The van der Waals surface area contributed by atoms with Gasteiger partial charge in [-0.05, 0) is 36.5 Å². The Kier molecular flexibility index (Phi) is 7.93. The maximum atomic E-state index is 12.8. The molecular formula is C17H12Cl3F3N4O3S. The Labute approximate surface area is 194 Å². The summed E-state index contributed by atoms with van der Waals surface area (Å²) in [5.74, 6) is -0.825. The van der Waals surface area contributed by atoms with Crippen LogP contribution in [0, 0.1) is 10.1 Å². The summed E-state index contributed by atoms with van der Waals surface area (Å²) < 4.78 is 36.4. The molecule has 0 saturated heterocycles. The number of carbonyl (C=O) groups is 1. The highest BCUT2D eigenvalue weighted by atomic mass is 35.6. The molecule has 0 aliphatic heterocycles. The number of thiocarbonyl (C=S) groups is 1. The Morgan fingerprint density at radius 3 is 2.29 bits per heavy atom. The number of carbonyl (C=O) groups excluding carboxylic acids is 1. The van der Waals surface area contributed by atoms with E-state index in [1.807, 2.05) is 0 Å². The smallest absolute Gasteiger partial charge is 0.339 e. The van der Waals surface area contributed by atoms with Gasteiger partial charge in [0.1, 0.15) is 6.17 Å². The lowest BCUT2D eigenvalue weighted by Crippen LogP contribution is -2.56. The second-order valence-electron chi connectivity index (χ2n) is 5.93. The maximum absolute atomic E-state index is 12.8. The molecule has 2 aromatic carbocycles. The van der Waals surface area contributed by atoms with Crippen molar-refractivity contribution >= 4 is 69.4 Å². The summed E-state index contributed by atoms with van der Waals surface area (Å²) in [6.45, 7) is 0. The van der Waals surface area contributed by atoms with E-state index in [1.54, 1.807) is 0 Å². The maximum Gasteiger partial charge on any atom is 0.416 e. The second-order valence-corrected chi connectivity index (χ2v) is 8.71. The first kappa shape index (κ1) is 24.9. The van der Waals surface area contributed by atoms with Gasteiger partial charge in [-0.25, -0.2) is 0 Å². The standard InChI is InChI=1S/C17H12Cl3F3N4O3S/c18-16(19,20)14(25-13(28)9-3-1-6-12(7-9)27(29)30)26-15(31)24-11-5-2-4-10(8-11)17(21,22)23/h1-8,14H,(H,25,28)(H2,24,26,31). The number of nitro groups is 1. The van der Waals surface area contributed by atoms with Crippen LogP contribution in [-0.4, -0.2) is 25.9 Å². The molecule has 1 atom stereocenters. The number of non-ortho nitro benzene ring substituents is 1. The molecule has 0 aliphatic carbocycles. The fourth-order valence-electron chi connectivity index (χ4n) is 2.25. The molecule has 0 saturated carbocycles. The number of anilines is 1. The number of halogens is 6. The summed E-state index contributed by atoms with van der Waals surface area (Å²) in [5.41, 5.74) is -1.32. The molecule has 166 valence electrons. The van der Waals surface area contributed by atoms with Gasteiger partial charge in [0.05, 0.1) is 10.5 Å². The van der Waals surface area contributed by atoms with Crippen molar-refractivity contribution in [1.29, 1.82) is 0 Å². The topological polar surface area (TPSA) is 96.3 Å². The van der Waals surface area contributed by atoms with E-state index in [9.17, 15) is 28.1 Å². The predicted molar refractivity (Wildman–Crippen MR) is 115 cm³/mol. The summed E-state index contributed by atoms with van der Waals surface area (Å²) in [4.78, 5) is 22.6. The van der Waals surface area contributed by atoms with Crippen molar-refractivity contribution in [3.05, 3.63) is 69.8 Å². The minimum Gasteiger partial charge on any atom is -0.339 e. The number of hydrogen-bond acceptors (Lipinski definition) is 4. The average molecular weight is 516 g/mol. The van der Waals surface area contributed by atoms with Crippen LogP contribution < -0.4 is 16.0 Å². The molecule has 0 fully saturated rings. The first-order valence-electron chi connectivity index (χ1n) is 8.14. The molecule has 1 unspecified atom stereocenters. The van der Waals surface area contributed by atoms with Gasteiger partial charge in [-0.15, -0.1) is 0 Å². The molecular weight excluding hydrogens is 504 g/mol. The van der Waals surface area contributed by atoms with Crippen molar-refractivity contribution < 1.29 is 22.9 Å². The molecule has 0 bridgehead atoms. The van der Waals surface area contributed by atoms with Gasteiger partial charge in [0.2, 0.25) is 3.79 Å². The van der Waals surface area contributed by atoms with Crippen molar-refractivity contribution in [2.75, 3.05) is 5.32 Å². The highest BCUT2D eigenvalue weighted by molar-refractivity contribution is 7.80. The van der Waals surface area contributed by atoms with Crippen LogP contribution in [0.2, 0.25) is 0 Å². The Morgan fingerprint density at radius 2 is 1.71 bits per heavy atom. The van der Waals surface area contributed by atoms with E-state index in [1.165, 1.54) is 30.3 Å². The van der Waals surface area contributed by atoms with Crippen LogP contribution in [0.4, 0.5) is 24.5 Å². The zero-order chi connectivity index (χ0) is 23.4. The summed E-state index contributed by atoms with van der Waals surface area (Å²) in [6.07, 6.45) is -5.99. The molecule has 31 heavy (non-hydrogen) atoms. The zero-order valence-corrected chi connectivity index (χ0v) is 18.1. The van der Waals surface area contributed by atoms with E-state index in [2.05, 4.69) is 16.0 Å². The molecule has 1 amide bonds. The van der Waals surface area contributed by atoms with Gasteiger partial charge in [0, 0.05) is 23.4 Å². The molecule has 0 heterocycles. The molecule has 0 aliphatic rings. The van der Waals surface area contributed by atoms with E-state index < -0.39 is 32.5 Å². The van der Waals surface area contributed by atoms with Crippen molar-refractivity contribution in [1.82, 2.24) is 10.6 Å². The van der Waals surface area contributed by atoms with Crippen LogP contribution in [0.1, 0.15) is 15.9 Å². The third kappa shape index (κ3) is 7.39. The molecule has 3 N–H and O–H groups in total. The van der Waals surface area contributed by atoms with E-state index in [0.717, 1.165) is 18.2 Å². The average Bonchev–Trinajstić information content (AvgIpc) is 2.66. The molecule has 14 heteroatoms. The number of alkyl halides is 6. The van der Waals surface area contributed by atoms with Gasteiger partial charge in [0.25, 0.3) is 11.6 Å². The van der Waals surface area contributed by atoms with Crippen LogP contribution >= 0.6 is 47.0 Å². The minimum absolute atomic E-state index is 0.000373. The van der Waals surface area contributed by atoms with Gasteiger partial charge in [-0.1, -0.05) is 46.9 Å². The van der Waals surface area contributed by atoms with Gasteiger partial charge in [-0.2, -0.15) is 13.2 Å². The Morgan fingerprint density at radius 1 is 1.06 bits per heavy atom. The first-order valence-corrected chi connectivity index (χ1v) is 9.68. The lowest BCUT2D eigenvalue weighted by molar-refractivity contribution is -0.384. The number of amides is 1. The SMILES string of the molecule is O=C(NC(NC(=S)Nc1cccc(C(F)(F)F)c1)C(Cl)(Cl)Cl)c1cccc([N+](=O)[O-])c1. The Hall–Kier alpha value is -2.34. The van der Waals surface area contributed by atoms with Gasteiger partial charge < -0.3 is 16.0 Å². The third-order valence-corrected chi connectivity index (χ3v) is 4.52. The van der Waals surface area contributed by atoms with Crippen LogP contribution in [-0.2, 0) is 6.18 Å². The van der Waals surface area contributed by atoms with Crippen LogP contribution in [0.3, 0.4) is 0 Å². The van der Waals surface area contributed by atoms with Gasteiger partial charge >= 0.3 is 6.18 Å². The Bertz CT molecular complexity index is 1000. The number of benzene rings is 2. The van der Waals surface area contributed by atoms with Crippen molar-refractivity contribution in [3.63, 3.8) is 0 Å². The van der Waals surface area contributed by atoms with Crippen LogP contribution in [0.5, 0.6) is 0 Å². The molecule has 2 rings (SSSR count). The van der Waals surface area contributed by atoms with E-state index in [-0.39, 0.29) is 22.1 Å². The van der Waals surface area contributed by atoms with Crippen molar-refractivity contribution in [2.45, 2.75) is 16.1 Å². The second kappa shape index (κ2) is 9.86. The van der Waals surface area contributed by atoms with E-state index in [0.29, 0.717) is 0 Å². The molecule has 0 aromatic heterocycles. The number of nitro benzene ring substituents is 1. The van der Waals surface area contributed by atoms with E-state index in [4.69, 9.17) is 47.0 Å². The van der Waals surface area contributed by atoms with Gasteiger partial charge in [0.15, 0.2) is 5.11 Å². The minimum atomic E-state index is -4.56. The highest BCUT2D eigenvalue weighted by Gasteiger charge is 2.35. The van der Waals surface area contributed by atoms with Crippen LogP contribution in [0.15, 0.2) is 48.5 Å². The number of rotatable bonds is 5. The number of hydrogen-bond donors (Lipinski definition) is 3. The molecule has 0 spiro atoms. The predicted octanol–water partition coefficient (Wildman–Crippen LogP) is 5.03.